The molecule has 2 heterocycles. The molecule has 8 nitrogen and oxygen atoms in total. The van der Waals surface area contributed by atoms with Crippen LogP contribution >= 0.6 is 0 Å². The Morgan fingerprint density at radius 3 is 2.26 bits per heavy atom. The van der Waals surface area contributed by atoms with Gasteiger partial charge in [-0.1, -0.05) is 17.7 Å². The van der Waals surface area contributed by atoms with Gasteiger partial charge in [0.15, 0.2) is 0 Å². The summed E-state index contributed by atoms with van der Waals surface area (Å²) in [6.07, 6.45) is -1.16. The molecule has 2 saturated heterocycles. The summed E-state index contributed by atoms with van der Waals surface area (Å²) in [5.74, 6) is -2.56. The second-order valence-corrected chi connectivity index (χ2v) is 8.75. The van der Waals surface area contributed by atoms with Crippen LogP contribution < -0.4 is 5.32 Å². The number of carboxylic acid groups (broad SMARTS) is 1. The van der Waals surface area contributed by atoms with Crippen molar-refractivity contribution in [2.75, 3.05) is 58.9 Å². The summed E-state index contributed by atoms with van der Waals surface area (Å²) >= 11 is 0. The molecular formula is C24H35F3N4O4. The van der Waals surface area contributed by atoms with Crippen LogP contribution in [0.5, 0.6) is 0 Å². The first-order valence-corrected chi connectivity index (χ1v) is 11.9. The third-order valence-corrected chi connectivity index (χ3v) is 5.96. The summed E-state index contributed by atoms with van der Waals surface area (Å²) in [4.78, 5) is 40.8. The van der Waals surface area contributed by atoms with Crippen molar-refractivity contribution < 1.29 is 32.7 Å². The zero-order valence-corrected chi connectivity index (χ0v) is 20.1. The van der Waals surface area contributed by atoms with Crippen molar-refractivity contribution in [2.24, 2.45) is 0 Å². The van der Waals surface area contributed by atoms with Crippen LogP contribution in [0.15, 0.2) is 24.3 Å². The Balaban J connectivity index is 0.000000540. The number of hydrogen-bond donors (Lipinski definition) is 2. The van der Waals surface area contributed by atoms with Gasteiger partial charge in [0.05, 0.1) is 0 Å². The number of aryl methyl sites for hydroxylation is 1. The molecule has 1 aromatic rings. The lowest BCUT2D eigenvalue weighted by Crippen LogP contribution is -2.47. The number of carbonyl (C=O) groups is 3. The van der Waals surface area contributed by atoms with Crippen LogP contribution in [0.1, 0.15) is 41.6 Å². The Morgan fingerprint density at radius 1 is 1.06 bits per heavy atom. The zero-order chi connectivity index (χ0) is 25.8. The van der Waals surface area contributed by atoms with Gasteiger partial charge in [0, 0.05) is 51.3 Å². The number of hydrogen-bond acceptors (Lipinski definition) is 5. The van der Waals surface area contributed by atoms with Crippen LogP contribution in [0.25, 0.3) is 0 Å². The Morgan fingerprint density at radius 2 is 1.69 bits per heavy atom. The molecule has 0 atom stereocenters. The number of nitrogens with zero attached hydrogens (tertiary/aromatic N) is 3. The SMILES string of the molecule is Cc1cccc(C(=O)N(CCCN2CCCC2)CCC(=O)N2CCNCC2)c1.O=C(O)C(F)(F)F. The second kappa shape index (κ2) is 14.0. The molecule has 0 aromatic heterocycles. The van der Waals surface area contributed by atoms with Gasteiger partial charge in [-0.25, -0.2) is 4.79 Å². The zero-order valence-electron chi connectivity index (χ0n) is 20.1. The fourth-order valence-corrected chi connectivity index (χ4v) is 4.07. The summed E-state index contributed by atoms with van der Waals surface area (Å²) in [5.41, 5.74) is 1.80. The van der Waals surface area contributed by atoms with Gasteiger partial charge in [0.1, 0.15) is 0 Å². The molecule has 2 N–H and O–H groups in total. The monoisotopic (exact) mass is 500 g/mol. The highest BCUT2D eigenvalue weighted by molar-refractivity contribution is 5.94. The van der Waals surface area contributed by atoms with E-state index in [1.54, 1.807) is 0 Å². The van der Waals surface area contributed by atoms with Crippen molar-refractivity contribution in [3.8, 4) is 0 Å². The number of amides is 2. The van der Waals surface area contributed by atoms with Crippen molar-refractivity contribution >= 4 is 17.8 Å². The lowest BCUT2D eigenvalue weighted by atomic mass is 10.1. The molecule has 0 radical (unpaired) electrons. The summed E-state index contributed by atoms with van der Waals surface area (Å²) in [5, 5.41) is 10.4. The minimum Gasteiger partial charge on any atom is -0.475 e. The van der Waals surface area contributed by atoms with E-state index in [2.05, 4.69) is 10.2 Å². The Kier molecular flexibility index (Phi) is 11.5. The van der Waals surface area contributed by atoms with Crippen LogP contribution in [0.2, 0.25) is 0 Å². The van der Waals surface area contributed by atoms with Gasteiger partial charge in [-0.15, -0.1) is 0 Å². The molecule has 0 saturated carbocycles. The Hall–Kier alpha value is -2.66. The molecule has 0 spiro atoms. The molecule has 2 amide bonds. The van der Waals surface area contributed by atoms with E-state index in [-0.39, 0.29) is 11.8 Å². The van der Waals surface area contributed by atoms with Crippen LogP contribution in [-0.2, 0) is 9.59 Å². The van der Waals surface area contributed by atoms with Gasteiger partial charge < -0.3 is 25.1 Å². The van der Waals surface area contributed by atoms with Crippen LogP contribution in [0.3, 0.4) is 0 Å². The number of rotatable bonds is 8. The Labute approximate surface area is 204 Å². The summed E-state index contributed by atoms with van der Waals surface area (Å²) in [6, 6.07) is 7.74. The van der Waals surface area contributed by atoms with E-state index in [0.717, 1.165) is 50.3 Å². The standard InChI is InChI=1S/C22H34N4O2.C2HF3O2/c1-19-6-4-7-20(18-19)22(28)26(14-5-13-24-11-2-3-12-24)15-8-21(27)25-16-9-23-10-17-25;3-2(4,5)1(6)7/h4,6-7,18,23H,2-3,5,8-17H2,1H3;(H,6,7). The molecule has 3 rings (SSSR count). The number of halogens is 3. The van der Waals surface area contributed by atoms with E-state index < -0.39 is 12.1 Å². The predicted octanol–water partition coefficient (Wildman–Crippen LogP) is 2.38. The van der Waals surface area contributed by atoms with Gasteiger partial charge >= 0.3 is 12.1 Å². The first-order chi connectivity index (χ1) is 16.6. The smallest absolute Gasteiger partial charge is 0.475 e. The first-order valence-electron chi connectivity index (χ1n) is 11.9. The van der Waals surface area contributed by atoms with Crippen molar-refractivity contribution in [3.63, 3.8) is 0 Å². The summed E-state index contributed by atoms with van der Waals surface area (Å²) in [7, 11) is 0. The number of aliphatic carboxylic acids is 1. The van der Waals surface area contributed by atoms with Crippen molar-refractivity contribution in [1.82, 2.24) is 20.0 Å². The fraction of sp³-hybridized carbons (Fsp3) is 0.625. The maximum Gasteiger partial charge on any atom is 0.490 e. The van der Waals surface area contributed by atoms with Crippen molar-refractivity contribution in [1.29, 1.82) is 0 Å². The normalized spacial score (nSPS) is 16.4. The van der Waals surface area contributed by atoms with E-state index in [4.69, 9.17) is 9.90 Å². The van der Waals surface area contributed by atoms with Gasteiger partial charge in [0.25, 0.3) is 5.91 Å². The van der Waals surface area contributed by atoms with Gasteiger partial charge in [0.2, 0.25) is 5.91 Å². The van der Waals surface area contributed by atoms with Crippen LogP contribution in [-0.4, -0.2) is 103 Å². The Bertz CT molecular complexity index is 838. The molecule has 2 fully saturated rings. The van der Waals surface area contributed by atoms with E-state index in [0.29, 0.717) is 19.5 Å². The fourth-order valence-electron chi connectivity index (χ4n) is 4.07. The minimum absolute atomic E-state index is 0.0400. The molecule has 0 unspecified atom stereocenters. The lowest BCUT2D eigenvalue weighted by molar-refractivity contribution is -0.192. The molecule has 1 aromatic carbocycles. The molecule has 11 heteroatoms. The number of carboxylic acids is 1. The third kappa shape index (κ3) is 10.2. The molecule has 2 aliphatic rings. The quantitative estimate of drug-likeness (QED) is 0.570. The number of likely N-dealkylation sites (tertiary alicyclic amines) is 1. The number of nitrogens with one attached hydrogen (secondary N) is 1. The first kappa shape index (κ1) is 28.6. The molecular weight excluding hydrogens is 465 g/mol. The maximum atomic E-state index is 13.1. The summed E-state index contributed by atoms with van der Waals surface area (Å²) < 4.78 is 31.7. The van der Waals surface area contributed by atoms with E-state index >= 15 is 0 Å². The predicted molar refractivity (Wildman–Crippen MR) is 125 cm³/mol. The summed E-state index contributed by atoms with van der Waals surface area (Å²) in [6.45, 7) is 9.82. The minimum atomic E-state index is -5.08. The van der Waals surface area contributed by atoms with Crippen LogP contribution in [0, 0.1) is 6.92 Å². The van der Waals surface area contributed by atoms with Gasteiger partial charge in [-0.2, -0.15) is 13.2 Å². The second-order valence-electron chi connectivity index (χ2n) is 8.75. The molecule has 2 aliphatic heterocycles. The van der Waals surface area contributed by atoms with E-state index in [1.165, 1.54) is 25.9 Å². The largest absolute Gasteiger partial charge is 0.490 e. The number of piperazine rings is 1. The van der Waals surface area contributed by atoms with Crippen molar-refractivity contribution in [2.45, 2.75) is 38.8 Å². The van der Waals surface area contributed by atoms with E-state index in [9.17, 15) is 22.8 Å². The molecule has 196 valence electrons. The van der Waals surface area contributed by atoms with Crippen molar-refractivity contribution in [3.05, 3.63) is 35.4 Å². The average molecular weight is 501 g/mol. The highest BCUT2D eigenvalue weighted by Crippen LogP contribution is 2.13. The van der Waals surface area contributed by atoms with Gasteiger partial charge in [-0.05, 0) is 58.0 Å². The molecule has 0 aliphatic carbocycles. The highest BCUT2D eigenvalue weighted by Gasteiger charge is 2.38. The number of carbonyl (C=O) groups excluding carboxylic acids is 2. The maximum absolute atomic E-state index is 13.1. The third-order valence-electron chi connectivity index (χ3n) is 5.96. The highest BCUT2D eigenvalue weighted by atomic mass is 19.4. The number of alkyl halides is 3. The lowest BCUT2D eigenvalue weighted by Gasteiger charge is -2.29. The van der Waals surface area contributed by atoms with Gasteiger partial charge in [-0.3, -0.25) is 9.59 Å². The van der Waals surface area contributed by atoms with Crippen LogP contribution in [0.4, 0.5) is 13.2 Å². The topological polar surface area (TPSA) is 93.2 Å². The molecule has 0 bridgehead atoms. The number of benzene rings is 1. The van der Waals surface area contributed by atoms with E-state index in [1.807, 2.05) is 41.0 Å². The average Bonchev–Trinajstić information content (AvgIpc) is 3.34. The molecule has 35 heavy (non-hydrogen) atoms.